The molecule has 0 saturated carbocycles. The van der Waals surface area contributed by atoms with E-state index in [4.69, 9.17) is 16.4 Å². The first-order chi connectivity index (χ1) is 12.1. The lowest BCUT2D eigenvalue weighted by Gasteiger charge is -2.12. The van der Waals surface area contributed by atoms with Gasteiger partial charge >= 0.3 is 0 Å². The molecule has 0 aliphatic rings. The fraction of sp³-hybridized carbons (Fsp3) is 0.150. The van der Waals surface area contributed by atoms with E-state index in [1.54, 1.807) is 0 Å². The van der Waals surface area contributed by atoms with Crippen molar-refractivity contribution in [3.05, 3.63) is 76.9 Å². The summed E-state index contributed by atoms with van der Waals surface area (Å²) in [5.41, 5.74) is 6.76. The number of hydrogen-bond donors (Lipinski definition) is 1. The number of nitrogens with zero attached hydrogens (tertiary/aromatic N) is 1. The fourth-order valence-electron chi connectivity index (χ4n) is 2.77. The molecule has 0 aliphatic heterocycles. The van der Waals surface area contributed by atoms with Crippen LogP contribution in [-0.4, -0.2) is 17.1 Å². The zero-order chi connectivity index (χ0) is 17.8. The summed E-state index contributed by atoms with van der Waals surface area (Å²) in [7, 11) is 0. The van der Waals surface area contributed by atoms with E-state index in [1.165, 1.54) is 0 Å². The molecule has 1 N–H and O–H groups in total. The minimum Gasteiger partial charge on any atom is -0.313 e. The molecule has 0 bridgehead atoms. The third kappa shape index (κ3) is 3.60. The Kier molecular flexibility index (Phi) is 5.22. The maximum Gasteiger partial charge on any atom is 0.276 e. The van der Waals surface area contributed by atoms with Crippen molar-refractivity contribution in [2.45, 2.75) is 13.8 Å². The van der Waals surface area contributed by atoms with E-state index in [0.29, 0.717) is 17.2 Å². The Labute approximate surface area is 152 Å². The van der Waals surface area contributed by atoms with E-state index in [2.05, 4.69) is 10.0 Å². The Morgan fingerprint density at radius 2 is 1.80 bits per heavy atom. The first-order valence-electron chi connectivity index (χ1n) is 8.07. The van der Waals surface area contributed by atoms with Crippen molar-refractivity contribution in [3.63, 3.8) is 0 Å². The summed E-state index contributed by atoms with van der Waals surface area (Å²) in [6, 6.07) is 19.4. The van der Waals surface area contributed by atoms with Crippen LogP contribution in [0.25, 0.3) is 16.9 Å². The van der Waals surface area contributed by atoms with E-state index in [-0.39, 0.29) is 5.91 Å². The van der Waals surface area contributed by atoms with Gasteiger partial charge in [-0.1, -0.05) is 41.9 Å². The van der Waals surface area contributed by atoms with E-state index >= 15 is 0 Å². The van der Waals surface area contributed by atoms with Crippen molar-refractivity contribution in [2.75, 3.05) is 6.61 Å². The number of aromatic nitrogens is 1. The lowest BCUT2D eigenvalue weighted by molar-refractivity contribution is 0.0364. The summed E-state index contributed by atoms with van der Waals surface area (Å²) < 4.78 is 2.06. The van der Waals surface area contributed by atoms with Crippen LogP contribution in [-0.2, 0) is 4.84 Å². The lowest BCUT2D eigenvalue weighted by Crippen LogP contribution is -2.24. The summed E-state index contributed by atoms with van der Waals surface area (Å²) in [6.07, 6.45) is 0. The molecule has 0 atom stereocenters. The van der Waals surface area contributed by atoms with Gasteiger partial charge in [-0.3, -0.25) is 9.63 Å². The van der Waals surface area contributed by atoms with Crippen LogP contribution >= 0.6 is 11.6 Å². The van der Waals surface area contributed by atoms with Gasteiger partial charge in [-0.05, 0) is 49.7 Å². The number of amides is 1. The topological polar surface area (TPSA) is 43.3 Å². The number of hydrogen-bond acceptors (Lipinski definition) is 2. The molecule has 3 rings (SSSR count). The molecular weight excluding hydrogens is 336 g/mol. The van der Waals surface area contributed by atoms with Crippen molar-refractivity contribution in [1.82, 2.24) is 10.0 Å². The number of hydroxylamine groups is 1. The zero-order valence-electron chi connectivity index (χ0n) is 14.1. The second-order valence-electron chi connectivity index (χ2n) is 5.57. The smallest absolute Gasteiger partial charge is 0.276 e. The molecule has 0 aliphatic carbocycles. The molecule has 0 unspecified atom stereocenters. The summed E-state index contributed by atoms with van der Waals surface area (Å²) in [5.74, 6) is -0.260. The molecule has 2 aromatic carbocycles. The van der Waals surface area contributed by atoms with Gasteiger partial charge in [-0.2, -0.15) is 0 Å². The molecule has 0 radical (unpaired) electrons. The van der Waals surface area contributed by atoms with Crippen LogP contribution in [0, 0.1) is 6.92 Å². The van der Waals surface area contributed by atoms with Crippen LogP contribution in [0.5, 0.6) is 0 Å². The Balaban J connectivity index is 2.15. The lowest BCUT2D eigenvalue weighted by atomic mass is 10.1. The molecule has 0 fully saturated rings. The molecule has 1 amide bonds. The van der Waals surface area contributed by atoms with Crippen LogP contribution in [0.3, 0.4) is 0 Å². The zero-order valence-corrected chi connectivity index (χ0v) is 14.9. The number of carbonyl (C=O) groups excluding carboxylic acids is 1. The normalized spacial score (nSPS) is 10.7. The molecule has 1 heterocycles. The monoisotopic (exact) mass is 354 g/mol. The van der Waals surface area contributed by atoms with Gasteiger partial charge in [0.05, 0.1) is 17.9 Å². The second-order valence-corrected chi connectivity index (χ2v) is 6.01. The summed E-state index contributed by atoms with van der Waals surface area (Å²) in [4.78, 5) is 17.5. The van der Waals surface area contributed by atoms with E-state index in [0.717, 1.165) is 22.6 Å². The van der Waals surface area contributed by atoms with Gasteiger partial charge in [0.25, 0.3) is 5.91 Å². The molecule has 4 nitrogen and oxygen atoms in total. The van der Waals surface area contributed by atoms with Gasteiger partial charge < -0.3 is 4.57 Å². The van der Waals surface area contributed by atoms with Crippen molar-refractivity contribution in [3.8, 4) is 16.9 Å². The maximum absolute atomic E-state index is 12.4. The van der Waals surface area contributed by atoms with Gasteiger partial charge in [-0.15, -0.1) is 0 Å². The predicted octanol–water partition coefficient (Wildman–Crippen LogP) is 4.79. The molecule has 1 aromatic heterocycles. The van der Waals surface area contributed by atoms with Crippen LogP contribution in [0.1, 0.15) is 23.0 Å². The van der Waals surface area contributed by atoms with Crippen molar-refractivity contribution in [1.29, 1.82) is 0 Å². The van der Waals surface area contributed by atoms with Crippen LogP contribution in [0.4, 0.5) is 0 Å². The van der Waals surface area contributed by atoms with Gasteiger partial charge in [0.15, 0.2) is 0 Å². The SMILES string of the molecule is CCONC(=O)c1cc(-c2ccc(Cl)cc2)n(-c2ccccc2)c1C. The number of nitrogens with one attached hydrogen (secondary N) is 1. The number of carbonyl (C=O) groups is 1. The number of benzene rings is 2. The van der Waals surface area contributed by atoms with E-state index in [9.17, 15) is 4.79 Å². The third-order valence-electron chi connectivity index (χ3n) is 3.96. The first-order valence-corrected chi connectivity index (χ1v) is 8.45. The molecule has 0 spiro atoms. The highest BCUT2D eigenvalue weighted by molar-refractivity contribution is 6.30. The van der Waals surface area contributed by atoms with Gasteiger partial charge in [0.2, 0.25) is 0 Å². The maximum atomic E-state index is 12.4. The quantitative estimate of drug-likeness (QED) is 0.669. The first kappa shape index (κ1) is 17.3. The fourth-order valence-corrected chi connectivity index (χ4v) is 2.90. The molecule has 25 heavy (non-hydrogen) atoms. The van der Waals surface area contributed by atoms with E-state index in [1.807, 2.05) is 74.5 Å². The number of para-hydroxylation sites is 1. The number of halogens is 1. The van der Waals surface area contributed by atoms with Gasteiger partial charge in [0.1, 0.15) is 0 Å². The van der Waals surface area contributed by atoms with Crippen LogP contribution in [0.15, 0.2) is 60.7 Å². The molecule has 5 heteroatoms. The molecular formula is C20H19ClN2O2. The summed E-state index contributed by atoms with van der Waals surface area (Å²) in [6.45, 7) is 4.16. The highest BCUT2D eigenvalue weighted by Gasteiger charge is 2.19. The molecule has 0 saturated heterocycles. The Morgan fingerprint density at radius 3 is 2.44 bits per heavy atom. The highest BCUT2D eigenvalue weighted by atomic mass is 35.5. The summed E-state index contributed by atoms with van der Waals surface area (Å²) in [5, 5.41) is 0.674. The van der Waals surface area contributed by atoms with Crippen LogP contribution in [0.2, 0.25) is 5.02 Å². The average Bonchev–Trinajstić information content (AvgIpc) is 2.98. The molecule has 128 valence electrons. The summed E-state index contributed by atoms with van der Waals surface area (Å²) >= 11 is 6.01. The Hall–Kier alpha value is -2.56. The average molecular weight is 355 g/mol. The van der Waals surface area contributed by atoms with Gasteiger partial charge in [-0.25, -0.2) is 5.48 Å². The Morgan fingerprint density at radius 1 is 1.12 bits per heavy atom. The van der Waals surface area contributed by atoms with Gasteiger partial charge in [0, 0.05) is 16.4 Å². The van der Waals surface area contributed by atoms with Crippen LogP contribution < -0.4 is 5.48 Å². The van der Waals surface area contributed by atoms with Crippen molar-refractivity contribution < 1.29 is 9.63 Å². The molecule has 3 aromatic rings. The third-order valence-corrected chi connectivity index (χ3v) is 4.21. The number of rotatable bonds is 5. The Bertz CT molecular complexity index is 871. The standard InChI is InChI=1S/C20H19ClN2O2/c1-3-25-22-20(24)18-13-19(15-9-11-16(21)12-10-15)23(14(18)2)17-7-5-4-6-8-17/h4-13H,3H2,1-2H3,(H,22,24). The minimum atomic E-state index is -0.260. The minimum absolute atomic E-state index is 0.260. The largest absolute Gasteiger partial charge is 0.313 e. The van der Waals surface area contributed by atoms with Crippen molar-refractivity contribution >= 4 is 17.5 Å². The highest BCUT2D eigenvalue weighted by Crippen LogP contribution is 2.30. The van der Waals surface area contributed by atoms with Crippen molar-refractivity contribution in [2.24, 2.45) is 0 Å². The second kappa shape index (κ2) is 7.55. The predicted molar refractivity (Wildman–Crippen MR) is 100 cm³/mol. The van der Waals surface area contributed by atoms with E-state index < -0.39 is 0 Å².